The van der Waals surface area contributed by atoms with Crippen molar-refractivity contribution < 1.29 is 14.1 Å². The maximum Gasteiger partial charge on any atom is 0.245 e. The van der Waals surface area contributed by atoms with Crippen molar-refractivity contribution in [3.05, 3.63) is 11.8 Å². The number of nitrogens with zero attached hydrogens (tertiary/aromatic N) is 2. The molecule has 2 rings (SSSR count). The van der Waals surface area contributed by atoms with Crippen LogP contribution < -0.4 is 5.32 Å². The topological polar surface area (TPSA) is 75.4 Å². The first kappa shape index (κ1) is 18.8. The maximum absolute atomic E-state index is 12.9. The van der Waals surface area contributed by atoms with Gasteiger partial charge in [-0.25, -0.2) is 0 Å². The molecule has 0 saturated heterocycles. The molecule has 1 heterocycles. The number of carbonyl (C=O) groups excluding carboxylic acids is 2. The van der Waals surface area contributed by atoms with Crippen LogP contribution in [0.25, 0.3) is 0 Å². The Morgan fingerprint density at radius 3 is 2.58 bits per heavy atom. The molecule has 1 fully saturated rings. The van der Waals surface area contributed by atoms with Crippen molar-refractivity contribution >= 4 is 29.2 Å². The normalized spacial score (nSPS) is 16.0. The zero-order valence-corrected chi connectivity index (χ0v) is 15.4. The molecule has 0 aliphatic heterocycles. The molecule has 1 saturated carbocycles. The fourth-order valence-electron chi connectivity index (χ4n) is 2.97. The SMILES string of the molecule is Cc1cc(NC(=O)CN(C(=O)C(C)(C)CCl)C2CCCCC2)no1. The van der Waals surface area contributed by atoms with E-state index in [1.807, 2.05) is 13.8 Å². The van der Waals surface area contributed by atoms with E-state index in [1.165, 1.54) is 6.42 Å². The molecule has 0 aromatic carbocycles. The van der Waals surface area contributed by atoms with Crippen LogP contribution in [-0.4, -0.2) is 40.3 Å². The summed E-state index contributed by atoms with van der Waals surface area (Å²) in [6, 6.07) is 1.74. The molecule has 0 bridgehead atoms. The number of hydrogen-bond donors (Lipinski definition) is 1. The lowest BCUT2D eigenvalue weighted by atomic mass is 9.89. The zero-order chi connectivity index (χ0) is 17.7. The van der Waals surface area contributed by atoms with Gasteiger partial charge in [0.1, 0.15) is 12.3 Å². The number of halogens is 1. The molecule has 0 atom stereocenters. The summed E-state index contributed by atoms with van der Waals surface area (Å²) in [7, 11) is 0. The van der Waals surface area contributed by atoms with E-state index in [-0.39, 0.29) is 30.3 Å². The third-order valence-electron chi connectivity index (χ3n) is 4.40. The van der Waals surface area contributed by atoms with E-state index >= 15 is 0 Å². The number of alkyl halides is 1. The van der Waals surface area contributed by atoms with E-state index in [1.54, 1.807) is 17.9 Å². The number of amides is 2. The number of hydrogen-bond acceptors (Lipinski definition) is 4. The third kappa shape index (κ3) is 4.72. The molecule has 1 N–H and O–H groups in total. The molecule has 0 spiro atoms. The van der Waals surface area contributed by atoms with E-state index in [9.17, 15) is 9.59 Å². The highest BCUT2D eigenvalue weighted by Crippen LogP contribution is 2.28. The van der Waals surface area contributed by atoms with Crippen LogP contribution >= 0.6 is 11.6 Å². The smallest absolute Gasteiger partial charge is 0.245 e. The Labute approximate surface area is 147 Å². The van der Waals surface area contributed by atoms with Crippen molar-refractivity contribution in [1.82, 2.24) is 10.1 Å². The molecule has 1 aliphatic carbocycles. The van der Waals surface area contributed by atoms with Crippen LogP contribution in [0.4, 0.5) is 5.82 Å². The lowest BCUT2D eigenvalue weighted by Gasteiger charge is -2.38. The van der Waals surface area contributed by atoms with Crippen molar-refractivity contribution in [1.29, 1.82) is 0 Å². The van der Waals surface area contributed by atoms with E-state index in [2.05, 4.69) is 10.5 Å². The Hall–Kier alpha value is -1.56. The van der Waals surface area contributed by atoms with E-state index in [0.717, 1.165) is 25.7 Å². The minimum atomic E-state index is -0.691. The fraction of sp³-hybridized carbons (Fsp3) is 0.706. The summed E-state index contributed by atoms with van der Waals surface area (Å²) < 4.78 is 4.94. The van der Waals surface area contributed by atoms with Gasteiger partial charge in [-0.3, -0.25) is 9.59 Å². The molecule has 6 nitrogen and oxygen atoms in total. The minimum Gasteiger partial charge on any atom is -0.360 e. The number of anilines is 1. The molecule has 0 unspecified atom stereocenters. The highest BCUT2D eigenvalue weighted by molar-refractivity contribution is 6.19. The quantitative estimate of drug-likeness (QED) is 0.794. The third-order valence-corrected chi connectivity index (χ3v) is 5.07. The highest BCUT2D eigenvalue weighted by Gasteiger charge is 2.36. The van der Waals surface area contributed by atoms with E-state index < -0.39 is 5.41 Å². The first-order chi connectivity index (χ1) is 11.3. The molecule has 1 aromatic rings. The standard InChI is InChI=1S/C17H26ClN3O3/c1-12-9-14(20-24-12)19-15(22)10-21(13-7-5-4-6-8-13)16(23)17(2,3)11-18/h9,13H,4-8,10-11H2,1-3H3,(H,19,20,22). The second kappa shape index (κ2) is 8.01. The number of nitrogens with one attached hydrogen (secondary N) is 1. The Kier molecular flexibility index (Phi) is 6.27. The summed E-state index contributed by atoms with van der Waals surface area (Å²) in [5.74, 6) is 0.863. The summed E-state index contributed by atoms with van der Waals surface area (Å²) in [5, 5.41) is 6.44. The van der Waals surface area contributed by atoms with Crippen LogP contribution in [0.1, 0.15) is 51.7 Å². The average Bonchev–Trinajstić information content (AvgIpc) is 2.97. The molecule has 134 valence electrons. The Bertz CT molecular complexity index is 579. The van der Waals surface area contributed by atoms with Gasteiger partial charge in [-0.15, -0.1) is 11.6 Å². The van der Waals surface area contributed by atoms with Gasteiger partial charge in [0.25, 0.3) is 0 Å². The zero-order valence-electron chi connectivity index (χ0n) is 14.6. The number of rotatable bonds is 6. The van der Waals surface area contributed by atoms with Crippen molar-refractivity contribution in [2.24, 2.45) is 5.41 Å². The summed E-state index contributed by atoms with van der Waals surface area (Å²) >= 11 is 5.97. The summed E-state index contributed by atoms with van der Waals surface area (Å²) in [6.07, 6.45) is 5.21. The first-order valence-electron chi connectivity index (χ1n) is 8.43. The lowest BCUT2D eigenvalue weighted by molar-refractivity contribution is -0.144. The maximum atomic E-state index is 12.9. The van der Waals surface area contributed by atoms with Crippen LogP contribution in [0.5, 0.6) is 0 Å². The summed E-state index contributed by atoms with van der Waals surface area (Å²) in [4.78, 5) is 27.0. The van der Waals surface area contributed by atoms with E-state index in [4.69, 9.17) is 16.1 Å². The number of carbonyl (C=O) groups is 2. The molecule has 24 heavy (non-hydrogen) atoms. The van der Waals surface area contributed by atoms with Gasteiger partial charge in [0, 0.05) is 18.0 Å². The average molecular weight is 356 g/mol. The van der Waals surface area contributed by atoms with Gasteiger partial charge in [-0.05, 0) is 33.6 Å². The second-order valence-corrected chi connectivity index (χ2v) is 7.38. The molecular weight excluding hydrogens is 330 g/mol. The monoisotopic (exact) mass is 355 g/mol. The van der Waals surface area contributed by atoms with Crippen LogP contribution in [0.15, 0.2) is 10.6 Å². The van der Waals surface area contributed by atoms with Crippen molar-refractivity contribution in [3.8, 4) is 0 Å². The lowest BCUT2D eigenvalue weighted by Crippen LogP contribution is -2.51. The molecule has 1 aromatic heterocycles. The van der Waals surface area contributed by atoms with Crippen molar-refractivity contribution in [2.45, 2.75) is 58.9 Å². The molecule has 0 radical (unpaired) electrons. The number of aryl methyl sites for hydroxylation is 1. The Balaban J connectivity index is 2.09. The first-order valence-corrected chi connectivity index (χ1v) is 8.97. The van der Waals surface area contributed by atoms with Gasteiger partial charge in [0.05, 0.1) is 5.41 Å². The van der Waals surface area contributed by atoms with Gasteiger partial charge >= 0.3 is 0 Å². The second-order valence-electron chi connectivity index (χ2n) is 7.11. The summed E-state index contributed by atoms with van der Waals surface area (Å²) in [6.45, 7) is 5.40. The van der Waals surface area contributed by atoms with Crippen LogP contribution in [0, 0.1) is 12.3 Å². The minimum absolute atomic E-state index is 0.00965. The predicted molar refractivity (Wildman–Crippen MR) is 93.0 cm³/mol. The van der Waals surface area contributed by atoms with Gasteiger partial charge in [0.2, 0.25) is 11.8 Å². The molecule has 1 aliphatic rings. The largest absolute Gasteiger partial charge is 0.360 e. The molecular formula is C17H26ClN3O3. The molecule has 7 heteroatoms. The van der Waals surface area contributed by atoms with Gasteiger partial charge < -0.3 is 14.7 Å². The predicted octanol–water partition coefficient (Wildman–Crippen LogP) is 3.35. The van der Waals surface area contributed by atoms with Crippen molar-refractivity contribution in [2.75, 3.05) is 17.7 Å². The van der Waals surface area contributed by atoms with Crippen LogP contribution in [-0.2, 0) is 9.59 Å². The van der Waals surface area contributed by atoms with E-state index in [0.29, 0.717) is 11.6 Å². The van der Waals surface area contributed by atoms with Crippen LogP contribution in [0.3, 0.4) is 0 Å². The molecule has 2 amide bonds. The summed E-state index contributed by atoms with van der Waals surface area (Å²) in [5.41, 5.74) is -0.691. The van der Waals surface area contributed by atoms with Crippen LogP contribution in [0.2, 0.25) is 0 Å². The fourth-order valence-corrected chi connectivity index (χ4v) is 3.08. The Morgan fingerprint density at radius 1 is 1.38 bits per heavy atom. The Morgan fingerprint density at radius 2 is 2.04 bits per heavy atom. The van der Waals surface area contributed by atoms with Gasteiger partial charge in [-0.2, -0.15) is 0 Å². The van der Waals surface area contributed by atoms with Gasteiger partial charge in [0.15, 0.2) is 5.82 Å². The van der Waals surface area contributed by atoms with Crippen molar-refractivity contribution in [3.63, 3.8) is 0 Å². The highest BCUT2D eigenvalue weighted by atomic mass is 35.5. The van der Waals surface area contributed by atoms with Gasteiger partial charge in [-0.1, -0.05) is 24.4 Å². The number of aromatic nitrogens is 1.